The molecule has 1 aromatic rings. The first-order valence-corrected chi connectivity index (χ1v) is 6.25. The van der Waals surface area contributed by atoms with E-state index in [1.54, 1.807) is 0 Å². The molecule has 0 spiro atoms. The average molecular weight is 239 g/mol. The minimum atomic E-state index is -0.460. The molecule has 1 aliphatic carbocycles. The molecule has 3 heteroatoms. The molecule has 1 aliphatic rings. The summed E-state index contributed by atoms with van der Waals surface area (Å²) in [7, 11) is 0. The van der Waals surface area contributed by atoms with E-state index in [1.807, 2.05) is 0 Å². The van der Waals surface area contributed by atoms with Gasteiger partial charge >= 0.3 is 0 Å². The number of hydrogen-bond donors (Lipinski definition) is 1. The molecule has 0 aromatic heterocycles. The molecule has 0 atom stereocenters. The normalized spacial score (nSPS) is 19.3. The van der Waals surface area contributed by atoms with Crippen molar-refractivity contribution in [3.05, 3.63) is 34.9 Å². The van der Waals surface area contributed by atoms with Gasteiger partial charge in [0.2, 0.25) is 0 Å². The average Bonchev–Trinajstić information content (AvgIpc) is 2.36. The molecule has 2 rings (SSSR count). The molecule has 94 valence electrons. The first kappa shape index (κ1) is 12.5. The van der Waals surface area contributed by atoms with Gasteiger partial charge in [0.25, 0.3) is 0 Å². The Morgan fingerprint density at radius 3 is 2.12 bits per heavy atom. The van der Waals surface area contributed by atoms with Crippen molar-refractivity contribution in [2.24, 2.45) is 5.73 Å². The van der Waals surface area contributed by atoms with Crippen LogP contribution in [0.25, 0.3) is 0 Å². The highest BCUT2D eigenvalue weighted by Crippen LogP contribution is 2.39. The third-order valence-electron chi connectivity index (χ3n) is 4.09. The fourth-order valence-electron chi connectivity index (χ4n) is 2.79. The predicted octanol–water partition coefficient (Wildman–Crippen LogP) is 3.43. The van der Waals surface area contributed by atoms with Gasteiger partial charge in [-0.05, 0) is 37.5 Å². The molecule has 0 radical (unpaired) electrons. The molecule has 1 saturated carbocycles. The Hall–Kier alpha value is -0.960. The summed E-state index contributed by atoms with van der Waals surface area (Å²) in [4.78, 5) is 0. The van der Waals surface area contributed by atoms with Gasteiger partial charge in [-0.15, -0.1) is 0 Å². The van der Waals surface area contributed by atoms with E-state index in [0.717, 1.165) is 31.2 Å². The van der Waals surface area contributed by atoms with Crippen molar-refractivity contribution in [2.75, 3.05) is 6.54 Å². The van der Waals surface area contributed by atoms with Gasteiger partial charge in [0.15, 0.2) is 0 Å². The van der Waals surface area contributed by atoms with Crippen molar-refractivity contribution in [2.45, 2.75) is 44.4 Å². The molecule has 17 heavy (non-hydrogen) atoms. The molecule has 1 fully saturated rings. The first-order valence-electron chi connectivity index (χ1n) is 6.25. The van der Waals surface area contributed by atoms with Crippen LogP contribution in [0.2, 0.25) is 0 Å². The lowest BCUT2D eigenvalue weighted by atomic mass is 9.69. The van der Waals surface area contributed by atoms with Gasteiger partial charge in [-0.25, -0.2) is 8.78 Å². The van der Waals surface area contributed by atoms with Gasteiger partial charge in [-0.2, -0.15) is 0 Å². The molecule has 2 N–H and O–H groups in total. The van der Waals surface area contributed by atoms with Crippen molar-refractivity contribution in [1.29, 1.82) is 0 Å². The fourth-order valence-corrected chi connectivity index (χ4v) is 2.79. The number of rotatable bonds is 2. The van der Waals surface area contributed by atoms with Crippen LogP contribution in [0.1, 0.15) is 43.2 Å². The van der Waals surface area contributed by atoms with Crippen molar-refractivity contribution in [1.82, 2.24) is 0 Å². The highest BCUT2D eigenvalue weighted by molar-refractivity contribution is 5.32. The largest absolute Gasteiger partial charge is 0.330 e. The Labute approximate surface area is 101 Å². The van der Waals surface area contributed by atoms with Crippen molar-refractivity contribution in [3.8, 4) is 0 Å². The molecule has 1 aromatic carbocycles. The second kappa shape index (κ2) is 4.73. The number of benzene rings is 1. The van der Waals surface area contributed by atoms with Crippen LogP contribution in [-0.4, -0.2) is 6.54 Å². The lowest BCUT2D eigenvalue weighted by Crippen LogP contribution is -2.37. The van der Waals surface area contributed by atoms with Crippen LogP contribution < -0.4 is 5.73 Å². The second-order valence-electron chi connectivity index (χ2n) is 5.11. The Bertz CT molecular complexity index is 386. The lowest BCUT2D eigenvalue weighted by molar-refractivity contribution is 0.298. The smallest absolute Gasteiger partial charge is 0.129 e. The summed E-state index contributed by atoms with van der Waals surface area (Å²) < 4.78 is 27.2. The van der Waals surface area contributed by atoms with Crippen molar-refractivity contribution >= 4 is 0 Å². The highest BCUT2D eigenvalue weighted by Gasteiger charge is 2.33. The quantitative estimate of drug-likeness (QED) is 0.840. The molecule has 0 saturated heterocycles. The SMILES string of the molecule is Cc1c(F)cc(C2(CN)CCCCC2)cc1F. The topological polar surface area (TPSA) is 26.0 Å². The summed E-state index contributed by atoms with van der Waals surface area (Å²) in [5.41, 5.74) is 6.48. The van der Waals surface area contributed by atoms with E-state index < -0.39 is 11.6 Å². The maximum atomic E-state index is 13.6. The van der Waals surface area contributed by atoms with E-state index in [1.165, 1.54) is 25.5 Å². The summed E-state index contributed by atoms with van der Waals surface area (Å²) >= 11 is 0. The third kappa shape index (κ3) is 2.21. The summed E-state index contributed by atoms with van der Waals surface area (Å²) in [6.45, 7) is 1.93. The van der Waals surface area contributed by atoms with Crippen LogP contribution >= 0.6 is 0 Å². The van der Waals surface area contributed by atoms with Gasteiger partial charge in [0, 0.05) is 17.5 Å². The van der Waals surface area contributed by atoms with E-state index >= 15 is 0 Å². The lowest BCUT2D eigenvalue weighted by Gasteiger charge is -2.37. The molecular weight excluding hydrogens is 220 g/mol. The zero-order valence-electron chi connectivity index (χ0n) is 10.2. The molecule has 0 aliphatic heterocycles. The predicted molar refractivity (Wildman–Crippen MR) is 64.9 cm³/mol. The van der Waals surface area contributed by atoms with Gasteiger partial charge in [-0.1, -0.05) is 19.3 Å². The monoisotopic (exact) mass is 239 g/mol. The van der Waals surface area contributed by atoms with E-state index in [2.05, 4.69) is 0 Å². The first-order chi connectivity index (χ1) is 8.09. The zero-order chi connectivity index (χ0) is 12.5. The number of hydrogen-bond acceptors (Lipinski definition) is 1. The minimum Gasteiger partial charge on any atom is -0.330 e. The minimum absolute atomic E-state index is 0.0942. The fraction of sp³-hybridized carbons (Fsp3) is 0.571. The van der Waals surface area contributed by atoms with E-state index in [-0.39, 0.29) is 11.0 Å². The molecule has 0 bridgehead atoms. The van der Waals surface area contributed by atoms with Gasteiger partial charge in [0.1, 0.15) is 11.6 Å². The van der Waals surface area contributed by atoms with Crippen molar-refractivity contribution in [3.63, 3.8) is 0 Å². The zero-order valence-corrected chi connectivity index (χ0v) is 10.2. The van der Waals surface area contributed by atoms with Gasteiger partial charge < -0.3 is 5.73 Å². The molecule has 0 heterocycles. The molecule has 0 unspecified atom stereocenters. The third-order valence-corrected chi connectivity index (χ3v) is 4.09. The highest BCUT2D eigenvalue weighted by atomic mass is 19.1. The van der Waals surface area contributed by atoms with Crippen LogP contribution in [0.4, 0.5) is 8.78 Å². The number of halogens is 2. The van der Waals surface area contributed by atoms with Crippen LogP contribution in [0.15, 0.2) is 12.1 Å². The van der Waals surface area contributed by atoms with Crippen LogP contribution in [0.3, 0.4) is 0 Å². The van der Waals surface area contributed by atoms with Crippen LogP contribution in [0, 0.1) is 18.6 Å². The Morgan fingerprint density at radius 2 is 1.65 bits per heavy atom. The standard InChI is InChI=1S/C14H19F2N/c1-10-12(15)7-11(8-13(10)16)14(9-17)5-3-2-4-6-14/h7-8H,2-6,9,17H2,1H3. The molecule has 1 nitrogen and oxygen atoms in total. The summed E-state index contributed by atoms with van der Waals surface area (Å²) in [6, 6.07) is 2.94. The summed E-state index contributed by atoms with van der Waals surface area (Å²) in [6.07, 6.45) is 5.25. The maximum absolute atomic E-state index is 13.6. The summed E-state index contributed by atoms with van der Waals surface area (Å²) in [5, 5.41) is 0. The van der Waals surface area contributed by atoms with Crippen molar-refractivity contribution < 1.29 is 8.78 Å². The summed E-state index contributed by atoms with van der Waals surface area (Å²) in [5.74, 6) is -0.920. The Balaban J connectivity index is 2.43. The van der Waals surface area contributed by atoms with E-state index in [9.17, 15) is 8.78 Å². The van der Waals surface area contributed by atoms with Gasteiger partial charge in [0.05, 0.1) is 0 Å². The molecular formula is C14H19F2N. The van der Waals surface area contributed by atoms with Crippen LogP contribution in [-0.2, 0) is 5.41 Å². The Kier molecular flexibility index (Phi) is 3.48. The maximum Gasteiger partial charge on any atom is 0.129 e. The van der Waals surface area contributed by atoms with Gasteiger partial charge in [-0.3, -0.25) is 0 Å². The second-order valence-corrected chi connectivity index (χ2v) is 5.11. The molecule has 0 amide bonds. The number of nitrogens with two attached hydrogens (primary N) is 1. The Morgan fingerprint density at radius 1 is 1.12 bits per heavy atom. The van der Waals surface area contributed by atoms with Crippen LogP contribution in [0.5, 0.6) is 0 Å². The van der Waals surface area contributed by atoms with E-state index in [0.29, 0.717) is 6.54 Å². The van der Waals surface area contributed by atoms with E-state index in [4.69, 9.17) is 5.73 Å².